The molecule has 6 rings (SSSR count). The van der Waals surface area contributed by atoms with Crippen LogP contribution in [0.25, 0.3) is 22.0 Å². The average Bonchev–Trinajstić information content (AvgIpc) is 3.42. The predicted molar refractivity (Wildman–Crippen MR) is 166 cm³/mol. The van der Waals surface area contributed by atoms with Gasteiger partial charge in [0.1, 0.15) is 34.5 Å². The molecule has 2 aromatic carbocycles. The Morgan fingerprint density at radius 3 is 2.75 bits per heavy atom. The maximum absolute atomic E-state index is 15.3. The topological polar surface area (TPSA) is 135 Å². The van der Waals surface area contributed by atoms with Crippen LogP contribution in [0.2, 0.25) is 0 Å². The second-order valence-electron chi connectivity index (χ2n) is 10.5. The maximum Gasteiger partial charge on any atom is 0.254 e. The van der Waals surface area contributed by atoms with E-state index >= 15 is 4.39 Å². The Bertz CT molecular complexity index is 1930. The van der Waals surface area contributed by atoms with E-state index in [0.29, 0.717) is 43.5 Å². The summed E-state index contributed by atoms with van der Waals surface area (Å²) in [5.41, 5.74) is 1.74. The highest BCUT2D eigenvalue weighted by Crippen LogP contribution is 2.41. The number of pyridine rings is 1. The Kier molecular flexibility index (Phi) is 8.34. The van der Waals surface area contributed by atoms with Crippen molar-refractivity contribution in [1.29, 1.82) is 0 Å². The van der Waals surface area contributed by atoms with E-state index in [-0.39, 0.29) is 28.7 Å². The molecule has 1 atom stereocenters. The Morgan fingerprint density at radius 1 is 1.14 bits per heavy atom. The highest BCUT2D eigenvalue weighted by molar-refractivity contribution is 7.93. The molecule has 2 N–H and O–H groups in total. The molecule has 14 heteroatoms. The number of fused-ring (bicyclic) bond motifs is 1. The largest absolute Gasteiger partial charge is 0.437 e. The monoisotopic (exact) mass is 637 g/mol. The quantitative estimate of drug-likeness (QED) is 0.189. The summed E-state index contributed by atoms with van der Waals surface area (Å²) in [5, 5.41) is 11.1. The van der Waals surface area contributed by atoms with Crippen molar-refractivity contribution in [1.82, 2.24) is 25.4 Å². The summed E-state index contributed by atoms with van der Waals surface area (Å²) < 4.78 is 53.4. The van der Waals surface area contributed by atoms with Crippen molar-refractivity contribution in [3.05, 3.63) is 83.8 Å². The van der Waals surface area contributed by atoms with Gasteiger partial charge in [0.25, 0.3) is 10.0 Å². The van der Waals surface area contributed by atoms with Crippen molar-refractivity contribution >= 4 is 44.2 Å². The van der Waals surface area contributed by atoms with Gasteiger partial charge in [-0.2, -0.15) is 3.82 Å². The average molecular weight is 638 g/mol. The van der Waals surface area contributed by atoms with E-state index in [1.807, 2.05) is 13.0 Å². The molecule has 0 spiro atoms. The molecule has 4 heterocycles. The summed E-state index contributed by atoms with van der Waals surface area (Å²) in [6, 6.07) is 13.0. The second kappa shape index (κ2) is 12.3. The van der Waals surface area contributed by atoms with Crippen LogP contribution in [0.15, 0.2) is 65.4 Å². The molecule has 0 amide bonds. The van der Waals surface area contributed by atoms with Crippen molar-refractivity contribution in [2.24, 2.45) is 0 Å². The van der Waals surface area contributed by atoms with Crippen molar-refractivity contribution in [3.8, 4) is 22.9 Å². The van der Waals surface area contributed by atoms with Gasteiger partial charge in [0.05, 0.1) is 11.3 Å². The number of hydrogen-bond donors (Lipinski definition) is 2. The third-order valence-electron chi connectivity index (χ3n) is 7.23. The molecule has 0 aliphatic carbocycles. The van der Waals surface area contributed by atoms with Crippen molar-refractivity contribution in [2.45, 2.75) is 38.5 Å². The smallest absolute Gasteiger partial charge is 0.254 e. The molecule has 5 aromatic rings. The number of nitrogens with zero attached hydrogens (tertiary/aromatic N) is 5. The summed E-state index contributed by atoms with van der Waals surface area (Å²) >= 11 is 6.35. The summed E-state index contributed by atoms with van der Waals surface area (Å²) in [5.74, 6) is 0.151. The van der Waals surface area contributed by atoms with Crippen molar-refractivity contribution in [2.75, 3.05) is 22.2 Å². The van der Waals surface area contributed by atoms with E-state index in [1.165, 1.54) is 12.1 Å². The van der Waals surface area contributed by atoms with Gasteiger partial charge >= 0.3 is 0 Å². The first-order valence-electron chi connectivity index (χ1n) is 14.0. The number of benzene rings is 2. The van der Waals surface area contributed by atoms with Gasteiger partial charge in [-0.3, -0.25) is 0 Å². The number of halogens is 2. The zero-order valence-corrected chi connectivity index (χ0v) is 25.5. The Labute approximate surface area is 258 Å². The van der Waals surface area contributed by atoms with Crippen LogP contribution in [0.3, 0.4) is 0 Å². The normalized spacial score (nSPS) is 15.3. The first-order chi connectivity index (χ1) is 21.2. The number of ether oxygens (including phenoxy) is 1. The number of piperidine rings is 1. The van der Waals surface area contributed by atoms with Crippen LogP contribution in [0.4, 0.5) is 16.0 Å². The molecule has 0 saturated carbocycles. The molecule has 0 unspecified atom stereocenters. The van der Waals surface area contributed by atoms with Crippen LogP contribution in [0.1, 0.15) is 29.9 Å². The van der Waals surface area contributed by atoms with Crippen LogP contribution in [-0.2, 0) is 15.8 Å². The fraction of sp³-hybridized carbons (Fsp3) is 0.267. The van der Waals surface area contributed by atoms with Gasteiger partial charge in [-0.05, 0) is 69.1 Å². The standard InChI is InChI=1S/C30H29ClFN7O4S/c1-18-7-8-22-23(9-10-25(32)27(22)39(31)44(40,41)17-21-15-19(2)43-38-21)28(18)42-29-24(6-4-13-34-29)26-11-14-35-30(37-26)36-20-5-3-12-33-16-20/h4,6-11,13-15,20,33H,3,5,12,16-17H2,1-2H3,(H,35,36,37)/t20-/m0/s1. The molecular weight excluding hydrogens is 609 g/mol. The van der Waals surface area contributed by atoms with Gasteiger partial charge in [0.2, 0.25) is 11.8 Å². The van der Waals surface area contributed by atoms with E-state index in [4.69, 9.17) is 26.0 Å². The third-order valence-corrected chi connectivity index (χ3v) is 9.36. The molecule has 44 heavy (non-hydrogen) atoms. The lowest BCUT2D eigenvalue weighted by atomic mass is 10.0. The number of aryl methyl sites for hydroxylation is 2. The minimum Gasteiger partial charge on any atom is -0.437 e. The van der Waals surface area contributed by atoms with Crippen LogP contribution < -0.4 is 19.2 Å². The van der Waals surface area contributed by atoms with Crippen LogP contribution in [0.5, 0.6) is 11.6 Å². The number of anilines is 2. The van der Waals surface area contributed by atoms with Gasteiger partial charge in [0.15, 0.2) is 0 Å². The summed E-state index contributed by atoms with van der Waals surface area (Å²) in [6.07, 6.45) is 5.36. The summed E-state index contributed by atoms with van der Waals surface area (Å²) in [4.78, 5) is 13.6. The lowest BCUT2D eigenvalue weighted by molar-refractivity contribution is 0.392. The van der Waals surface area contributed by atoms with Crippen molar-refractivity contribution in [3.63, 3.8) is 0 Å². The van der Waals surface area contributed by atoms with Crippen molar-refractivity contribution < 1.29 is 22.1 Å². The minimum absolute atomic E-state index is 0.148. The van der Waals surface area contributed by atoms with Gasteiger partial charge < -0.3 is 19.9 Å². The van der Waals surface area contributed by atoms with E-state index in [9.17, 15) is 8.42 Å². The first-order valence-corrected chi connectivity index (χ1v) is 15.9. The first kappa shape index (κ1) is 29.7. The lowest BCUT2D eigenvalue weighted by Gasteiger charge is -2.23. The van der Waals surface area contributed by atoms with Gasteiger partial charge in [0, 0.05) is 53.6 Å². The molecular formula is C30H29ClFN7O4S. The molecule has 1 fully saturated rings. The molecule has 3 aromatic heterocycles. The van der Waals surface area contributed by atoms with Crippen LogP contribution >= 0.6 is 11.8 Å². The fourth-order valence-electron chi connectivity index (χ4n) is 5.13. The summed E-state index contributed by atoms with van der Waals surface area (Å²) in [7, 11) is -4.25. The fourth-order valence-corrected chi connectivity index (χ4v) is 6.53. The number of rotatable bonds is 9. The molecule has 1 saturated heterocycles. The zero-order chi connectivity index (χ0) is 30.8. The van der Waals surface area contributed by atoms with Crippen LogP contribution in [-0.4, -0.2) is 47.7 Å². The zero-order valence-electron chi connectivity index (χ0n) is 23.9. The van der Waals surface area contributed by atoms with E-state index in [1.54, 1.807) is 43.6 Å². The highest BCUT2D eigenvalue weighted by Gasteiger charge is 2.28. The number of aromatic nitrogens is 4. The van der Waals surface area contributed by atoms with E-state index < -0.39 is 21.6 Å². The Hall–Kier alpha value is -4.33. The van der Waals surface area contributed by atoms with Crippen LogP contribution in [0, 0.1) is 19.7 Å². The molecule has 228 valence electrons. The predicted octanol–water partition coefficient (Wildman–Crippen LogP) is 5.88. The minimum atomic E-state index is -4.25. The third kappa shape index (κ3) is 6.16. The number of sulfonamides is 1. The summed E-state index contributed by atoms with van der Waals surface area (Å²) in [6.45, 7) is 5.29. The molecule has 11 nitrogen and oxygen atoms in total. The molecule has 1 aliphatic rings. The molecule has 1 aliphatic heterocycles. The number of hydrogen-bond acceptors (Lipinski definition) is 10. The SMILES string of the molecule is Cc1cc(CS(=O)(=O)N(Cl)c2c(F)ccc3c(Oc4ncccc4-c4ccnc(N[C@H]5CCCNC5)n4)c(C)ccc23)no1. The van der Waals surface area contributed by atoms with Gasteiger partial charge in [-0.25, -0.2) is 27.8 Å². The Morgan fingerprint density at radius 2 is 1.98 bits per heavy atom. The van der Waals surface area contributed by atoms with E-state index in [2.05, 4.69) is 25.8 Å². The molecule has 0 radical (unpaired) electrons. The highest BCUT2D eigenvalue weighted by atomic mass is 35.5. The van der Waals surface area contributed by atoms with Gasteiger partial charge in [-0.1, -0.05) is 17.3 Å². The second-order valence-corrected chi connectivity index (χ2v) is 12.9. The lowest BCUT2D eigenvalue weighted by Crippen LogP contribution is -2.38. The van der Waals surface area contributed by atoms with Gasteiger partial charge in [-0.15, -0.1) is 0 Å². The number of nitrogens with one attached hydrogen (secondary N) is 2. The Balaban J connectivity index is 1.35. The molecule has 0 bridgehead atoms. The maximum atomic E-state index is 15.3. The van der Waals surface area contributed by atoms with E-state index in [0.717, 1.165) is 32.0 Å².